The van der Waals surface area contributed by atoms with Gasteiger partial charge in [-0.2, -0.15) is 0 Å². The van der Waals surface area contributed by atoms with Gasteiger partial charge in [0, 0.05) is 6.54 Å². The highest BCUT2D eigenvalue weighted by molar-refractivity contribution is 9.10. The second-order valence-corrected chi connectivity index (χ2v) is 3.82. The van der Waals surface area contributed by atoms with Crippen LogP contribution in [0.5, 0.6) is 0 Å². The van der Waals surface area contributed by atoms with E-state index in [4.69, 9.17) is 0 Å². The molecule has 0 atom stereocenters. The Balaban J connectivity index is 2.49. The molecule has 12 heavy (non-hydrogen) atoms. The molecule has 0 amide bonds. The Hall–Kier alpha value is -0.410. The first-order valence-electron chi connectivity index (χ1n) is 3.95. The van der Waals surface area contributed by atoms with Gasteiger partial charge in [-0.05, 0) is 52.2 Å². The minimum atomic E-state index is -0.169. The molecule has 1 nitrogen and oxygen atoms in total. The van der Waals surface area contributed by atoms with E-state index in [0.29, 0.717) is 4.47 Å². The maximum atomic E-state index is 13.0. The molecule has 0 saturated carbocycles. The van der Waals surface area contributed by atoms with Crippen LogP contribution in [0.3, 0.4) is 0 Å². The lowest BCUT2D eigenvalue weighted by molar-refractivity contribution is 0.599. The molecule has 0 radical (unpaired) electrons. The molecule has 0 spiro atoms. The third-order valence-corrected chi connectivity index (χ3v) is 2.74. The van der Waals surface area contributed by atoms with Crippen molar-refractivity contribution in [1.82, 2.24) is 5.32 Å². The van der Waals surface area contributed by atoms with E-state index in [-0.39, 0.29) is 5.82 Å². The first kappa shape index (κ1) is 8.20. The van der Waals surface area contributed by atoms with E-state index >= 15 is 0 Å². The van der Waals surface area contributed by atoms with Gasteiger partial charge in [0.05, 0.1) is 4.47 Å². The molecular weight excluding hydrogens is 221 g/mol. The van der Waals surface area contributed by atoms with Crippen LogP contribution >= 0.6 is 15.9 Å². The van der Waals surface area contributed by atoms with Crippen molar-refractivity contribution in [3.8, 4) is 0 Å². The van der Waals surface area contributed by atoms with Crippen LogP contribution in [0.4, 0.5) is 4.39 Å². The van der Waals surface area contributed by atoms with E-state index in [9.17, 15) is 4.39 Å². The Labute approximate surface area is 79.1 Å². The maximum absolute atomic E-state index is 13.0. The van der Waals surface area contributed by atoms with Crippen molar-refractivity contribution in [1.29, 1.82) is 0 Å². The van der Waals surface area contributed by atoms with Gasteiger partial charge < -0.3 is 5.32 Å². The van der Waals surface area contributed by atoms with Crippen molar-refractivity contribution < 1.29 is 4.39 Å². The molecule has 64 valence electrons. The fourth-order valence-corrected chi connectivity index (χ4v) is 1.86. The summed E-state index contributed by atoms with van der Waals surface area (Å²) in [5, 5.41) is 3.21. The van der Waals surface area contributed by atoms with Crippen LogP contribution in [0.2, 0.25) is 0 Å². The molecule has 1 aromatic carbocycles. The number of fused-ring (bicyclic) bond motifs is 1. The zero-order valence-electron chi connectivity index (χ0n) is 6.53. The number of hydrogen-bond donors (Lipinski definition) is 1. The summed E-state index contributed by atoms with van der Waals surface area (Å²) in [6.07, 6.45) is 0.994. The lowest BCUT2D eigenvalue weighted by atomic mass is 10.0. The Bertz CT molecular complexity index is 281. The summed E-state index contributed by atoms with van der Waals surface area (Å²) in [4.78, 5) is 0. The minimum absolute atomic E-state index is 0.169. The van der Waals surface area contributed by atoms with Gasteiger partial charge >= 0.3 is 0 Å². The molecule has 0 fully saturated rings. The summed E-state index contributed by atoms with van der Waals surface area (Å²) in [6.45, 7) is 1.78. The largest absolute Gasteiger partial charge is 0.312 e. The lowest BCUT2D eigenvalue weighted by Gasteiger charge is -2.17. The fourth-order valence-electron chi connectivity index (χ4n) is 1.47. The minimum Gasteiger partial charge on any atom is -0.312 e. The Morgan fingerprint density at radius 3 is 3.00 bits per heavy atom. The molecule has 0 unspecified atom stereocenters. The van der Waals surface area contributed by atoms with Crippen LogP contribution < -0.4 is 5.32 Å². The van der Waals surface area contributed by atoms with Gasteiger partial charge in [0.15, 0.2) is 0 Å². The first-order valence-corrected chi connectivity index (χ1v) is 4.74. The summed E-state index contributed by atoms with van der Waals surface area (Å²) in [5.41, 5.74) is 2.34. The highest BCUT2D eigenvalue weighted by Gasteiger charge is 2.11. The fraction of sp³-hybridized carbons (Fsp3) is 0.333. The predicted molar refractivity (Wildman–Crippen MR) is 49.5 cm³/mol. The molecule has 0 saturated heterocycles. The molecule has 1 aliphatic heterocycles. The summed E-state index contributed by atoms with van der Waals surface area (Å²) in [5.74, 6) is -0.169. The third kappa shape index (κ3) is 1.39. The van der Waals surface area contributed by atoms with Gasteiger partial charge in [-0.1, -0.05) is 0 Å². The van der Waals surface area contributed by atoms with Crippen LogP contribution in [0, 0.1) is 5.82 Å². The quantitative estimate of drug-likeness (QED) is 0.720. The highest BCUT2D eigenvalue weighted by Crippen LogP contribution is 2.22. The zero-order chi connectivity index (χ0) is 8.55. The van der Waals surface area contributed by atoms with Gasteiger partial charge in [-0.25, -0.2) is 4.39 Å². The van der Waals surface area contributed by atoms with E-state index in [1.807, 2.05) is 6.07 Å². The van der Waals surface area contributed by atoms with E-state index in [2.05, 4.69) is 21.2 Å². The van der Waals surface area contributed by atoms with Crippen LogP contribution in [-0.2, 0) is 13.0 Å². The summed E-state index contributed by atoms with van der Waals surface area (Å²) < 4.78 is 13.6. The zero-order valence-corrected chi connectivity index (χ0v) is 8.12. The molecule has 1 aromatic rings. The van der Waals surface area contributed by atoms with Crippen LogP contribution in [0.1, 0.15) is 11.1 Å². The van der Waals surface area contributed by atoms with E-state index in [1.165, 1.54) is 5.56 Å². The Morgan fingerprint density at radius 1 is 1.33 bits per heavy atom. The van der Waals surface area contributed by atoms with Gasteiger partial charge in [-0.3, -0.25) is 0 Å². The average Bonchev–Trinajstić information content (AvgIpc) is 2.07. The smallest absolute Gasteiger partial charge is 0.137 e. The molecule has 0 aromatic heterocycles. The molecule has 1 heterocycles. The van der Waals surface area contributed by atoms with Crippen LogP contribution in [0.15, 0.2) is 16.6 Å². The standard InChI is InChI=1S/C9H9BrFN/c10-8-3-6-1-2-12-5-7(6)4-9(8)11/h3-4,12H,1-2,5H2. The maximum Gasteiger partial charge on any atom is 0.137 e. The third-order valence-electron chi connectivity index (χ3n) is 2.13. The number of hydrogen-bond acceptors (Lipinski definition) is 1. The SMILES string of the molecule is Fc1cc2c(cc1Br)CCNC2. The number of nitrogens with one attached hydrogen (secondary N) is 1. The number of rotatable bonds is 0. The van der Waals surface area contributed by atoms with Crippen molar-refractivity contribution >= 4 is 15.9 Å². The number of benzene rings is 1. The molecule has 2 rings (SSSR count). The van der Waals surface area contributed by atoms with E-state index in [1.54, 1.807) is 6.07 Å². The highest BCUT2D eigenvalue weighted by atomic mass is 79.9. The lowest BCUT2D eigenvalue weighted by Crippen LogP contribution is -2.23. The first-order chi connectivity index (χ1) is 5.77. The Kier molecular flexibility index (Phi) is 2.15. The molecule has 1 N–H and O–H groups in total. The van der Waals surface area contributed by atoms with Crippen LogP contribution in [0.25, 0.3) is 0 Å². The van der Waals surface area contributed by atoms with Crippen LogP contribution in [-0.4, -0.2) is 6.54 Å². The van der Waals surface area contributed by atoms with E-state index in [0.717, 1.165) is 25.1 Å². The molecule has 3 heteroatoms. The van der Waals surface area contributed by atoms with Crippen molar-refractivity contribution in [3.63, 3.8) is 0 Å². The Morgan fingerprint density at radius 2 is 2.17 bits per heavy atom. The van der Waals surface area contributed by atoms with Crippen molar-refractivity contribution in [2.24, 2.45) is 0 Å². The second-order valence-electron chi connectivity index (χ2n) is 2.96. The van der Waals surface area contributed by atoms with Crippen molar-refractivity contribution in [2.75, 3.05) is 6.54 Å². The number of halogens is 2. The van der Waals surface area contributed by atoms with Gasteiger partial charge in [0.2, 0.25) is 0 Å². The predicted octanol–water partition coefficient (Wildman–Crippen LogP) is 2.23. The van der Waals surface area contributed by atoms with E-state index < -0.39 is 0 Å². The molecule has 1 aliphatic rings. The van der Waals surface area contributed by atoms with Crippen molar-refractivity contribution in [2.45, 2.75) is 13.0 Å². The second kappa shape index (κ2) is 3.15. The average molecular weight is 230 g/mol. The molecule has 0 aliphatic carbocycles. The monoisotopic (exact) mass is 229 g/mol. The summed E-state index contributed by atoms with van der Waals surface area (Å²) >= 11 is 3.18. The normalized spacial score (nSPS) is 15.8. The van der Waals surface area contributed by atoms with Crippen molar-refractivity contribution in [3.05, 3.63) is 33.5 Å². The molecular formula is C9H9BrFN. The van der Waals surface area contributed by atoms with Gasteiger partial charge in [0.1, 0.15) is 5.82 Å². The molecule has 0 bridgehead atoms. The van der Waals surface area contributed by atoms with Gasteiger partial charge in [0.25, 0.3) is 0 Å². The summed E-state index contributed by atoms with van der Waals surface area (Å²) in [7, 11) is 0. The van der Waals surface area contributed by atoms with Gasteiger partial charge in [-0.15, -0.1) is 0 Å². The summed E-state index contributed by atoms with van der Waals surface area (Å²) in [6, 6.07) is 3.48. The topological polar surface area (TPSA) is 12.0 Å².